The molecule has 0 aromatic carbocycles. The van der Waals surface area contributed by atoms with Crippen LogP contribution in [-0.2, 0) is 25.6 Å². The zero-order chi connectivity index (χ0) is 23.7. The summed E-state index contributed by atoms with van der Waals surface area (Å²) in [6.07, 6.45) is 3.00. The number of hydrogen-bond acceptors (Lipinski definition) is 7. The van der Waals surface area contributed by atoms with Gasteiger partial charge in [0.2, 0.25) is 17.7 Å². The maximum Gasteiger partial charge on any atom is 0.328 e. The van der Waals surface area contributed by atoms with E-state index in [1.807, 2.05) is 0 Å². The molecular formula is C19H32N6O6. The molecule has 0 aliphatic rings. The first kappa shape index (κ1) is 26.0. The van der Waals surface area contributed by atoms with Crippen molar-refractivity contribution < 1.29 is 29.4 Å². The highest BCUT2D eigenvalue weighted by Crippen LogP contribution is 2.07. The third-order valence-electron chi connectivity index (χ3n) is 4.68. The Balaban J connectivity index is 3.00. The van der Waals surface area contributed by atoms with Gasteiger partial charge in [0.25, 0.3) is 0 Å². The number of carboxylic acid groups (broad SMARTS) is 1. The Bertz CT molecular complexity index is 751. The van der Waals surface area contributed by atoms with Gasteiger partial charge in [-0.3, -0.25) is 14.4 Å². The summed E-state index contributed by atoms with van der Waals surface area (Å²) in [6.45, 7) is 6.07. The number of aromatic amines is 1. The van der Waals surface area contributed by atoms with Crippen molar-refractivity contribution in [3.63, 3.8) is 0 Å². The molecule has 0 spiro atoms. The molecule has 12 nitrogen and oxygen atoms in total. The van der Waals surface area contributed by atoms with Crippen molar-refractivity contribution in [1.29, 1.82) is 0 Å². The van der Waals surface area contributed by atoms with Crippen molar-refractivity contribution in [3.8, 4) is 0 Å². The van der Waals surface area contributed by atoms with Gasteiger partial charge in [0.1, 0.15) is 18.1 Å². The maximum absolute atomic E-state index is 13.0. The summed E-state index contributed by atoms with van der Waals surface area (Å²) in [4.78, 5) is 55.7. The third-order valence-corrected chi connectivity index (χ3v) is 4.68. The Morgan fingerprint density at radius 2 is 1.61 bits per heavy atom. The van der Waals surface area contributed by atoms with Gasteiger partial charge in [-0.1, -0.05) is 27.7 Å². The molecule has 0 saturated heterocycles. The molecule has 0 bridgehead atoms. The molecule has 0 saturated carbocycles. The Labute approximate surface area is 180 Å². The normalized spacial score (nSPS) is 15.1. The van der Waals surface area contributed by atoms with Crippen LogP contribution in [0.15, 0.2) is 12.5 Å². The lowest BCUT2D eigenvalue weighted by atomic mass is 10.0. The molecule has 1 heterocycles. The summed E-state index contributed by atoms with van der Waals surface area (Å²) in [7, 11) is 0. The van der Waals surface area contributed by atoms with Crippen molar-refractivity contribution in [2.24, 2.45) is 17.6 Å². The van der Waals surface area contributed by atoms with Crippen LogP contribution in [0.25, 0.3) is 0 Å². The standard InChI is InChI=1S/C19H32N6O6/c1-9(2)14(20)17(28)23-12(5-11-6-21-8-22-11)16(27)25-15(10(3)4)18(29)24-13(7-26)19(30)31/h6,8-10,12-15,26H,5,7,20H2,1-4H3,(H,21,22)(H,23,28)(H,24,29)(H,25,27)(H,30,31). The van der Waals surface area contributed by atoms with Crippen LogP contribution in [0.1, 0.15) is 33.4 Å². The number of amides is 3. The van der Waals surface area contributed by atoms with Gasteiger partial charge < -0.3 is 36.9 Å². The van der Waals surface area contributed by atoms with E-state index < -0.39 is 60.4 Å². The highest BCUT2D eigenvalue weighted by Gasteiger charge is 2.32. The minimum atomic E-state index is -1.50. The second kappa shape index (κ2) is 12.0. The number of H-pyrrole nitrogens is 1. The van der Waals surface area contributed by atoms with Gasteiger partial charge in [0.15, 0.2) is 0 Å². The van der Waals surface area contributed by atoms with Gasteiger partial charge in [0.05, 0.1) is 19.0 Å². The molecule has 1 rings (SSSR count). The number of nitrogens with two attached hydrogens (primary N) is 1. The molecule has 31 heavy (non-hydrogen) atoms. The molecule has 12 heteroatoms. The number of nitrogens with zero attached hydrogens (tertiary/aromatic N) is 1. The quantitative estimate of drug-likeness (QED) is 0.196. The molecule has 1 aromatic heterocycles. The number of carboxylic acids is 1. The fourth-order valence-corrected chi connectivity index (χ4v) is 2.63. The summed E-state index contributed by atoms with van der Waals surface area (Å²) in [5.74, 6) is -3.91. The number of rotatable bonds is 12. The van der Waals surface area contributed by atoms with Gasteiger partial charge in [-0.2, -0.15) is 0 Å². The molecule has 4 unspecified atom stereocenters. The van der Waals surface area contributed by atoms with E-state index in [1.54, 1.807) is 27.7 Å². The first-order chi connectivity index (χ1) is 14.5. The molecule has 0 radical (unpaired) electrons. The largest absolute Gasteiger partial charge is 0.480 e. The zero-order valence-corrected chi connectivity index (χ0v) is 18.1. The van der Waals surface area contributed by atoms with E-state index in [9.17, 15) is 19.2 Å². The van der Waals surface area contributed by atoms with Crippen LogP contribution < -0.4 is 21.7 Å². The lowest BCUT2D eigenvalue weighted by Crippen LogP contribution is -2.59. The molecule has 174 valence electrons. The topological polar surface area (TPSA) is 200 Å². The summed E-state index contributed by atoms with van der Waals surface area (Å²) >= 11 is 0. The van der Waals surface area contributed by atoms with Crippen molar-refractivity contribution in [1.82, 2.24) is 25.9 Å². The van der Waals surface area contributed by atoms with Crippen molar-refractivity contribution in [3.05, 3.63) is 18.2 Å². The molecule has 8 N–H and O–H groups in total. The van der Waals surface area contributed by atoms with Gasteiger partial charge in [0, 0.05) is 18.3 Å². The predicted molar refractivity (Wildman–Crippen MR) is 110 cm³/mol. The number of imidazole rings is 1. The highest BCUT2D eigenvalue weighted by atomic mass is 16.4. The number of aliphatic carboxylic acids is 1. The van der Waals surface area contributed by atoms with Gasteiger partial charge in [-0.05, 0) is 11.8 Å². The molecule has 0 aliphatic carbocycles. The average molecular weight is 441 g/mol. The average Bonchev–Trinajstić information content (AvgIpc) is 3.20. The Hall–Kier alpha value is -2.99. The van der Waals surface area contributed by atoms with Crippen LogP contribution in [0.2, 0.25) is 0 Å². The highest BCUT2D eigenvalue weighted by molar-refractivity contribution is 5.94. The SMILES string of the molecule is CC(C)C(N)C(=O)NC(Cc1cnc[nH]1)C(=O)NC(C(=O)NC(CO)C(=O)O)C(C)C. The summed E-state index contributed by atoms with van der Waals surface area (Å²) < 4.78 is 0. The number of aliphatic hydroxyl groups is 1. The minimum Gasteiger partial charge on any atom is -0.480 e. The fourth-order valence-electron chi connectivity index (χ4n) is 2.63. The second-order valence-corrected chi connectivity index (χ2v) is 7.92. The summed E-state index contributed by atoms with van der Waals surface area (Å²) in [5, 5.41) is 25.5. The van der Waals surface area contributed by atoms with E-state index in [4.69, 9.17) is 15.9 Å². The number of carbonyl (C=O) groups excluding carboxylic acids is 3. The molecule has 4 atom stereocenters. The van der Waals surface area contributed by atoms with E-state index in [2.05, 4.69) is 25.9 Å². The molecule has 0 fully saturated rings. The van der Waals surface area contributed by atoms with Gasteiger partial charge in [-0.25, -0.2) is 9.78 Å². The maximum atomic E-state index is 13.0. The number of carbonyl (C=O) groups is 4. The minimum absolute atomic E-state index is 0.0726. The lowest BCUT2D eigenvalue weighted by molar-refractivity contribution is -0.143. The third kappa shape index (κ3) is 7.98. The van der Waals surface area contributed by atoms with Crippen molar-refractivity contribution in [2.45, 2.75) is 58.3 Å². The predicted octanol–water partition coefficient (Wildman–Crippen LogP) is -1.88. The lowest BCUT2D eigenvalue weighted by Gasteiger charge is -2.27. The number of aromatic nitrogens is 2. The monoisotopic (exact) mass is 440 g/mol. The number of aliphatic hydroxyl groups excluding tert-OH is 1. The van der Waals surface area contributed by atoms with Crippen LogP contribution in [0.5, 0.6) is 0 Å². The Morgan fingerprint density at radius 3 is 2.06 bits per heavy atom. The fraction of sp³-hybridized carbons (Fsp3) is 0.632. The van der Waals surface area contributed by atoms with Crippen LogP contribution in [0.3, 0.4) is 0 Å². The molecular weight excluding hydrogens is 408 g/mol. The van der Waals surface area contributed by atoms with E-state index >= 15 is 0 Å². The zero-order valence-electron chi connectivity index (χ0n) is 18.1. The smallest absolute Gasteiger partial charge is 0.328 e. The van der Waals surface area contributed by atoms with Crippen LogP contribution in [0, 0.1) is 11.8 Å². The van der Waals surface area contributed by atoms with Crippen LogP contribution >= 0.6 is 0 Å². The van der Waals surface area contributed by atoms with E-state index in [0.29, 0.717) is 5.69 Å². The summed E-state index contributed by atoms with van der Waals surface area (Å²) in [5.41, 5.74) is 6.45. The Morgan fingerprint density at radius 1 is 1.00 bits per heavy atom. The summed E-state index contributed by atoms with van der Waals surface area (Å²) in [6, 6.07) is -4.49. The number of hydrogen-bond donors (Lipinski definition) is 7. The second-order valence-electron chi connectivity index (χ2n) is 7.92. The number of nitrogens with one attached hydrogen (secondary N) is 4. The first-order valence-electron chi connectivity index (χ1n) is 9.95. The molecule has 0 aliphatic heterocycles. The van der Waals surface area contributed by atoms with Gasteiger partial charge in [-0.15, -0.1) is 0 Å². The van der Waals surface area contributed by atoms with E-state index in [-0.39, 0.29) is 12.3 Å². The van der Waals surface area contributed by atoms with Crippen LogP contribution in [-0.4, -0.2) is 74.6 Å². The van der Waals surface area contributed by atoms with Crippen molar-refractivity contribution in [2.75, 3.05) is 6.61 Å². The molecule has 3 amide bonds. The van der Waals surface area contributed by atoms with Crippen LogP contribution in [0.4, 0.5) is 0 Å². The first-order valence-corrected chi connectivity index (χ1v) is 9.95. The van der Waals surface area contributed by atoms with Gasteiger partial charge >= 0.3 is 5.97 Å². The molecule has 1 aromatic rings. The van der Waals surface area contributed by atoms with Crippen molar-refractivity contribution >= 4 is 23.7 Å². The Kier molecular flexibility index (Phi) is 10.1. The van der Waals surface area contributed by atoms with E-state index in [1.165, 1.54) is 12.5 Å². The van der Waals surface area contributed by atoms with E-state index in [0.717, 1.165) is 0 Å².